The van der Waals surface area contributed by atoms with E-state index in [1.54, 1.807) is 7.11 Å². The second-order valence-electron chi connectivity index (χ2n) is 4.26. The molecule has 6 heteroatoms. The molecule has 6 nitrogen and oxygen atoms in total. The van der Waals surface area contributed by atoms with Crippen molar-refractivity contribution in [1.82, 2.24) is 9.97 Å². The zero-order valence-corrected chi connectivity index (χ0v) is 11.8. The average molecular weight is 263 g/mol. The van der Waals surface area contributed by atoms with Crippen molar-refractivity contribution in [2.24, 2.45) is 0 Å². The number of methoxy groups -OCH3 is 1. The Labute approximate surface area is 114 Å². The van der Waals surface area contributed by atoms with E-state index < -0.39 is 0 Å². The van der Waals surface area contributed by atoms with Gasteiger partial charge in [-0.15, -0.1) is 0 Å². The first-order valence-corrected chi connectivity index (χ1v) is 6.34. The van der Waals surface area contributed by atoms with Gasteiger partial charge in [0.05, 0.1) is 12.5 Å². The second kappa shape index (κ2) is 8.27. The lowest BCUT2D eigenvalue weighted by Crippen LogP contribution is -2.20. The summed E-state index contributed by atoms with van der Waals surface area (Å²) in [6, 6.07) is 4.03. The Kier molecular flexibility index (Phi) is 6.61. The van der Waals surface area contributed by atoms with Crippen LogP contribution in [0.5, 0.6) is 0 Å². The first-order chi connectivity index (χ1) is 9.17. The van der Waals surface area contributed by atoms with Gasteiger partial charge in [-0.1, -0.05) is 0 Å². The van der Waals surface area contributed by atoms with E-state index in [1.165, 1.54) is 0 Å². The van der Waals surface area contributed by atoms with Gasteiger partial charge in [0.2, 0.25) is 0 Å². The van der Waals surface area contributed by atoms with Gasteiger partial charge in [-0.2, -0.15) is 5.26 Å². The van der Waals surface area contributed by atoms with Crippen molar-refractivity contribution in [2.75, 3.05) is 44.1 Å². The third-order valence-electron chi connectivity index (χ3n) is 2.61. The zero-order chi connectivity index (χ0) is 14.1. The van der Waals surface area contributed by atoms with Crippen LogP contribution in [-0.2, 0) is 4.74 Å². The molecule has 0 aromatic carbocycles. The predicted octanol–water partition coefficient (Wildman–Crippen LogP) is 1.58. The number of aryl methyl sites for hydroxylation is 1. The lowest BCUT2D eigenvalue weighted by atomic mass is 10.4. The van der Waals surface area contributed by atoms with Gasteiger partial charge >= 0.3 is 0 Å². The molecule has 0 fully saturated rings. The number of aromatic nitrogens is 2. The molecule has 0 atom stereocenters. The number of nitrogens with zero attached hydrogens (tertiary/aromatic N) is 4. The average Bonchev–Trinajstić information content (AvgIpc) is 2.40. The third kappa shape index (κ3) is 5.53. The Bertz CT molecular complexity index is 430. The molecule has 1 rings (SSSR count). The molecule has 0 aliphatic heterocycles. The number of hydrogen-bond donors (Lipinski definition) is 1. The standard InChI is InChI=1S/C13H21N5O/c1-11-16-12(15-7-5-9-19-3)10-13(17-11)18(2)8-4-6-14/h10H,4-5,7-9H2,1-3H3,(H,15,16,17). The predicted molar refractivity (Wildman–Crippen MR) is 75.3 cm³/mol. The minimum Gasteiger partial charge on any atom is -0.385 e. The lowest BCUT2D eigenvalue weighted by molar-refractivity contribution is 0.198. The molecule has 0 bridgehead atoms. The molecule has 0 aliphatic carbocycles. The number of nitriles is 1. The third-order valence-corrected chi connectivity index (χ3v) is 2.61. The van der Waals surface area contributed by atoms with Crippen LogP contribution in [0.4, 0.5) is 11.6 Å². The van der Waals surface area contributed by atoms with Gasteiger partial charge in [-0.05, 0) is 13.3 Å². The summed E-state index contributed by atoms with van der Waals surface area (Å²) < 4.78 is 5.00. The summed E-state index contributed by atoms with van der Waals surface area (Å²) in [5, 5.41) is 11.9. The quantitative estimate of drug-likeness (QED) is 0.718. The molecule has 0 aliphatic rings. The second-order valence-corrected chi connectivity index (χ2v) is 4.26. The zero-order valence-electron chi connectivity index (χ0n) is 11.8. The van der Waals surface area contributed by atoms with Gasteiger partial charge in [0.25, 0.3) is 0 Å². The fourth-order valence-electron chi connectivity index (χ4n) is 1.60. The van der Waals surface area contributed by atoms with Crippen LogP contribution < -0.4 is 10.2 Å². The van der Waals surface area contributed by atoms with Crippen LogP contribution in [0.2, 0.25) is 0 Å². The SMILES string of the molecule is COCCCNc1cc(N(C)CCC#N)nc(C)n1. The largest absolute Gasteiger partial charge is 0.385 e. The van der Waals surface area contributed by atoms with Gasteiger partial charge in [-0.25, -0.2) is 9.97 Å². The Balaban J connectivity index is 2.63. The minimum atomic E-state index is 0.482. The number of rotatable bonds is 8. The lowest BCUT2D eigenvalue weighted by Gasteiger charge is -2.18. The maximum absolute atomic E-state index is 8.60. The molecule has 0 saturated heterocycles. The summed E-state index contributed by atoms with van der Waals surface area (Å²) >= 11 is 0. The molecular weight excluding hydrogens is 242 g/mol. The molecule has 1 N–H and O–H groups in total. The summed E-state index contributed by atoms with van der Waals surface area (Å²) in [6.45, 7) is 4.07. The first-order valence-electron chi connectivity index (χ1n) is 6.34. The maximum atomic E-state index is 8.60. The van der Waals surface area contributed by atoms with Gasteiger partial charge in [0.1, 0.15) is 17.5 Å². The van der Waals surface area contributed by atoms with Gasteiger partial charge in [-0.3, -0.25) is 0 Å². The van der Waals surface area contributed by atoms with Gasteiger partial charge in [0.15, 0.2) is 0 Å². The monoisotopic (exact) mass is 263 g/mol. The molecule has 0 amide bonds. The molecule has 0 saturated carbocycles. The van der Waals surface area contributed by atoms with Crippen LogP contribution in [0.3, 0.4) is 0 Å². The van der Waals surface area contributed by atoms with Crippen LogP contribution in [0.25, 0.3) is 0 Å². The highest BCUT2D eigenvalue weighted by Gasteiger charge is 2.06. The van der Waals surface area contributed by atoms with Crippen LogP contribution in [-0.4, -0.2) is 43.8 Å². The van der Waals surface area contributed by atoms with Crippen molar-refractivity contribution in [3.05, 3.63) is 11.9 Å². The van der Waals surface area contributed by atoms with Crippen molar-refractivity contribution in [1.29, 1.82) is 5.26 Å². The molecule has 19 heavy (non-hydrogen) atoms. The van der Waals surface area contributed by atoms with Gasteiger partial charge < -0.3 is 15.0 Å². The van der Waals surface area contributed by atoms with Crippen LogP contribution in [0.15, 0.2) is 6.07 Å². The van der Waals surface area contributed by atoms with E-state index in [-0.39, 0.29) is 0 Å². The summed E-state index contributed by atoms with van der Waals surface area (Å²) in [5.74, 6) is 2.36. The van der Waals surface area contributed by atoms with Crippen molar-refractivity contribution >= 4 is 11.6 Å². The molecule has 1 aromatic rings. The molecule has 0 unspecified atom stereocenters. The van der Waals surface area contributed by atoms with E-state index in [0.717, 1.165) is 37.0 Å². The van der Waals surface area contributed by atoms with Crippen LogP contribution in [0, 0.1) is 18.3 Å². The van der Waals surface area contributed by atoms with Crippen molar-refractivity contribution in [3.8, 4) is 6.07 Å². The Morgan fingerprint density at radius 1 is 1.47 bits per heavy atom. The van der Waals surface area contributed by atoms with Crippen molar-refractivity contribution in [2.45, 2.75) is 19.8 Å². The summed E-state index contributed by atoms with van der Waals surface area (Å²) in [6.07, 6.45) is 1.41. The van der Waals surface area contributed by atoms with Crippen LogP contribution >= 0.6 is 0 Å². The Hall–Kier alpha value is -1.87. The summed E-state index contributed by atoms with van der Waals surface area (Å²) in [4.78, 5) is 10.7. The highest BCUT2D eigenvalue weighted by atomic mass is 16.5. The molecule has 0 spiro atoms. The highest BCUT2D eigenvalue weighted by Crippen LogP contribution is 2.14. The fraction of sp³-hybridized carbons (Fsp3) is 0.615. The topological polar surface area (TPSA) is 74.1 Å². The first kappa shape index (κ1) is 15.2. The van der Waals surface area contributed by atoms with E-state index in [2.05, 4.69) is 21.4 Å². The number of anilines is 2. The van der Waals surface area contributed by atoms with E-state index in [1.807, 2.05) is 24.9 Å². The van der Waals surface area contributed by atoms with E-state index >= 15 is 0 Å². The Morgan fingerprint density at radius 3 is 2.95 bits per heavy atom. The number of ether oxygens (including phenoxy) is 1. The minimum absolute atomic E-state index is 0.482. The highest BCUT2D eigenvalue weighted by molar-refractivity contribution is 5.48. The molecule has 1 aromatic heterocycles. The molecule has 0 radical (unpaired) electrons. The smallest absolute Gasteiger partial charge is 0.134 e. The van der Waals surface area contributed by atoms with Crippen molar-refractivity contribution in [3.63, 3.8) is 0 Å². The van der Waals surface area contributed by atoms with Crippen LogP contribution in [0.1, 0.15) is 18.7 Å². The summed E-state index contributed by atoms with van der Waals surface area (Å²) in [7, 11) is 3.62. The van der Waals surface area contributed by atoms with E-state index in [9.17, 15) is 0 Å². The van der Waals surface area contributed by atoms with Gasteiger partial charge in [0, 0.05) is 39.9 Å². The molecule has 1 heterocycles. The number of nitrogens with one attached hydrogen (secondary N) is 1. The molecular formula is C13H21N5O. The van der Waals surface area contributed by atoms with E-state index in [4.69, 9.17) is 10.00 Å². The summed E-state index contributed by atoms with van der Waals surface area (Å²) in [5.41, 5.74) is 0. The normalized spacial score (nSPS) is 10.0. The molecule has 104 valence electrons. The van der Waals surface area contributed by atoms with Crippen molar-refractivity contribution < 1.29 is 4.74 Å². The fourth-order valence-corrected chi connectivity index (χ4v) is 1.60. The number of hydrogen-bond acceptors (Lipinski definition) is 6. The van der Waals surface area contributed by atoms with E-state index in [0.29, 0.717) is 13.0 Å². The maximum Gasteiger partial charge on any atom is 0.134 e. The Morgan fingerprint density at radius 2 is 2.26 bits per heavy atom.